The topological polar surface area (TPSA) is 59.5 Å². The van der Waals surface area contributed by atoms with E-state index in [1.807, 2.05) is 24.3 Å². The zero-order valence-corrected chi connectivity index (χ0v) is 19.0. The van der Waals surface area contributed by atoms with Gasteiger partial charge < -0.3 is 4.74 Å². The van der Waals surface area contributed by atoms with E-state index in [0.29, 0.717) is 34.1 Å². The number of rotatable bonds is 3. The molecule has 1 aliphatic rings. The zero-order chi connectivity index (χ0) is 22.7. The predicted molar refractivity (Wildman–Crippen MR) is 128 cm³/mol. The maximum atomic E-state index is 13.2. The Morgan fingerprint density at radius 1 is 1.19 bits per heavy atom. The SMILES string of the molecule is COc1cc(CC#Cc2ccc3c(c2)C(=O)/C(=C\c2cccc(Cl)c2)S(=O)N3C)ccn1. The van der Waals surface area contributed by atoms with Gasteiger partial charge in [-0.25, -0.2) is 9.19 Å². The van der Waals surface area contributed by atoms with E-state index in [-0.39, 0.29) is 10.7 Å². The number of Topliss-reactive ketones (excluding diaryl/α,β-unsaturated/α-hetero) is 1. The number of hydrogen-bond donors (Lipinski definition) is 0. The first-order valence-electron chi connectivity index (χ1n) is 9.75. The van der Waals surface area contributed by atoms with Gasteiger partial charge in [-0.05, 0) is 53.6 Å². The number of hydrogen-bond acceptors (Lipinski definition) is 4. The lowest BCUT2D eigenvalue weighted by Gasteiger charge is -2.27. The molecular weight excluding hydrogens is 444 g/mol. The molecule has 0 saturated carbocycles. The molecule has 0 aliphatic carbocycles. The molecule has 1 atom stereocenters. The minimum absolute atomic E-state index is 0.205. The fourth-order valence-corrected chi connectivity index (χ4v) is 4.64. The second kappa shape index (κ2) is 9.39. The van der Waals surface area contributed by atoms with Crippen LogP contribution in [0.4, 0.5) is 5.69 Å². The standard InChI is InChI=1S/C25H19ClN2O3S/c1-28-22-10-9-17(5-3-6-18-11-12-27-24(16-18)31-2)14-21(22)25(29)23(32(28)30)15-19-7-4-8-20(26)13-19/h4,7-16H,6H2,1-2H3/b23-15+. The van der Waals surface area contributed by atoms with Crippen LogP contribution in [0.3, 0.4) is 0 Å². The van der Waals surface area contributed by atoms with Crippen LogP contribution < -0.4 is 9.04 Å². The van der Waals surface area contributed by atoms with Gasteiger partial charge in [-0.15, -0.1) is 0 Å². The zero-order valence-electron chi connectivity index (χ0n) is 17.5. The highest BCUT2D eigenvalue weighted by Crippen LogP contribution is 2.33. The van der Waals surface area contributed by atoms with Gasteiger partial charge in [-0.1, -0.05) is 35.6 Å². The average molecular weight is 463 g/mol. The van der Waals surface area contributed by atoms with Crippen molar-refractivity contribution in [2.45, 2.75) is 6.42 Å². The van der Waals surface area contributed by atoms with Crippen molar-refractivity contribution in [3.63, 3.8) is 0 Å². The number of nitrogens with zero attached hydrogens (tertiary/aromatic N) is 2. The molecule has 2 heterocycles. The number of ketones is 1. The first-order chi connectivity index (χ1) is 15.5. The van der Waals surface area contributed by atoms with Gasteiger partial charge in [0.2, 0.25) is 11.7 Å². The Morgan fingerprint density at radius 3 is 2.81 bits per heavy atom. The summed E-state index contributed by atoms with van der Waals surface area (Å²) in [6, 6.07) is 16.1. The number of aromatic nitrogens is 1. The van der Waals surface area contributed by atoms with E-state index in [2.05, 4.69) is 16.8 Å². The normalized spacial score (nSPS) is 16.3. The molecule has 32 heavy (non-hydrogen) atoms. The highest BCUT2D eigenvalue weighted by molar-refractivity contribution is 7.91. The Labute approximate surface area is 194 Å². The van der Waals surface area contributed by atoms with Gasteiger partial charge in [0.25, 0.3) is 0 Å². The summed E-state index contributed by atoms with van der Waals surface area (Å²) in [7, 11) is 1.66. The van der Waals surface area contributed by atoms with Crippen LogP contribution in [0.5, 0.6) is 5.88 Å². The maximum Gasteiger partial charge on any atom is 0.213 e. The molecule has 5 nitrogen and oxygen atoms in total. The number of allylic oxidation sites excluding steroid dienone is 1. The lowest BCUT2D eigenvalue weighted by atomic mass is 10.0. The maximum absolute atomic E-state index is 13.2. The summed E-state index contributed by atoms with van der Waals surface area (Å²) in [5.74, 6) is 6.49. The number of fused-ring (bicyclic) bond motifs is 1. The Hall–Kier alpha value is -3.40. The van der Waals surface area contributed by atoms with E-state index in [1.165, 1.54) is 0 Å². The van der Waals surface area contributed by atoms with Crippen LogP contribution in [0.15, 0.2) is 65.7 Å². The quantitative estimate of drug-likeness (QED) is 0.419. The highest BCUT2D eigenvalue weighted by Gasteiger charge is 2.31. The van der Waals surface area contributed by atoms with Crippen LogP contribution >= 0.6 is 11.6 Å². The Balaban J connectivity index is 1.64. The Kier molecular flexibility index (Phi) is 6.40. The van der Waals surface area contributed by atoms with Crippen LogP contribution in [-0.4, -0.2) is 29.1 Å². The van der Waals surface area contributed by atoms with Crippen molar-refractivity contribution >= 4 is 40.1 Å². The third kappa shape index (κ3) is 4.59. The average Bonchev–Trinajstić information content (AvgIpc) is 2.80. The van der Waals surface area contributed by atoms with Crippen molar-refractivity contribution in [3.05, 3.63) is 93.0 Å². The van der Waals surface area contributed by atoms with Crippen LogP contribution in [0.25, 0.3) is 6.08 Å². The van der Waals surface area contributed by atoms with Crippen molar-refractivity contribution in [3.8, 4) is 17.7 Å². The van der Waals surface area contributed by atoms with E-state index in [4.69, 9.17) is 16.3 Å². The molecule has 0 bridgehead atoms. The molecular formula is C25H19ClN2O3S. The number of carbonyl (C=O) groups is 1. The summed E-state index contributed by atoms with van der Waals surface area (Å²) >= 11 is 6.05. The number of ether oxygens (including phenoxy) is 1. The molecule has 1 aromatic heterocycles. The predicted octanol–water partition coefficient (Wildman–Crippen LogP) is 4.68. The third-order valence-electron chi connectivity index (χ3n) is 4.92. The molecule has 4 rings (SSSR count). The number of halogens is 1. The van der Waals surface area contributed by atoms with Crippen molar-refractivity contribution in [2.75, 3.05) is 18.5 Å². The van der Waals surface area contributed by atoms with Crippen LogP contribution in [0.2, 0.25) is 5.02 Å². The Bertz CT molecular complexity index is 1320. The van der Waals surface area contributed by atoms with Crippen molar-refractivity contribution in [1.29, 1.82) is 0 Å². The summed E-state index contributed by atoms with van der Waals surface area (Å²) in [4.78, 5) is 17.5. The minimum atomic E-state index is -1.61. The minimum Gasteiger partial charge on any atom is -0.481 e. The molecule has 0 spiro atoms. The molecule has 0 N–H and O–H groups in total. The number of pyridine rings is 1. The number of methoxy groups -OCH3 is 1. The molecule has 0 amide bonds. The highest BCUT2D eigenvalue weighted by atomic mass is 35.5. The van der Waals surface area contributed by atoms with Crippen LogP contribution in [-0.2, 0) is 17.4 Å². The smallest absolute Gasteiger partial charge is 0.213 e. The third-order valence-corrected chi connectivity index (χ3v) is 6.53. The number of benzene rings is 2. The second-order valence-corrected chi connectivity index (χ2v) is 8.98. The molecule has 0 fully saturated rings. The molecule has 7 heteroatoms. The number of anilines is 1. The van der Waals surface area contributed by atoms with E-state index in [9.17, 15) is 9.00 Å². The van der Waals surface area contributed by atoms with E-state index in [0.717, 1.165) is 11.1 Å². The Morgan fingerprint density at radius 2 is 2.03 bits per heavy atom. The van der Waals surface area contributed by atoms with Crippen molar-refractivity contribution in [2.24, 2.45) is 0 Å². The van der Waals surface area contributed by atoms with Crippen LogP contribution in [0, 0.1) is 11.8 Å². The summed E-state index contributed by atoms with van der Waals surface area (Å²) in [5.41, 5.74) is 3.50. The van der Waals surface area contributed by atoms with Gasteiger partial charge in [-0.2, -0.15) is 0 Å². The molecule has 0 saturated heterocycles. The molecule has 2 aromatic carbocycles. The van der Waals surface area contributed by atoms with Gasteiger partial charge >= 0.3 is 0 Å². The molecule has 1 unspecified atom stereocenters. The lowest BCUT2D eigenvalue weighted by Crippen LogP contribution is -2.31. The van der Waals surface area contributed by atoms with Gasteiger partial charge in [0.05, 0.1) is 12.8 Å². The fourth-order valence-electron chi connectivity index (χ4n) is 3.30. The van der Waals surface area contributed by atoms with Crippen LogP contribution in [0.1, 0.15) is 27.0 Å². The van der Waals surface area contributed by atoms with E-state index < -0.39 is 11.0 Å². The van der Waals surface area contributed by atoms with Gasteiger partial charge in [-0.3, -0.25) is 9.10 Å². The van der Waals surface area contributed by atoms with Gasteiger partial charge in [0, 0.05) is 41.9 Å². The summed E-state index contributed by atoms with van der Waals surface area (Å²) in [6.07, 6.45) is 3.82. The van der Waals surface area contributed by atoms with E-state index in [1.54, 1.807) is 61.1 Å². The first-order valence-corrected chi connectivity index (χ1v) is 11.2. The summed E-state index contributed by atoms with van der Waals surface area (Å²) < 4.78 is 19.6. The van der Waals surface area contributed by atoms with E-state index >= 15 is 0 Å². The van der Waals surface area contributed by atoms with Crippen molar-refractivity contribution < 1.29 is 13.7 Å². The van der Waals surface area contributed by atoms with Gasteiger partial charge in [0.1, 0.15) is 4.91 Å². The molecule has 160 valence electrons. The van der Waals surface area contributed by atoms with Crippen molar-refractivity contribution in [1.82, 2.24) is 4.98 Å². The monoisotopic (exact) mass is 462 g/mol. The summed E-state index contributed by atoms with van der Waals surface area (Å²) in [6.45, 7) is 0. The largest absolute Gasteiger partial charge is 0.481 e. The lowest BCUT2D eigenvalue weighted by molar-refractivity contribution is 0.104. The van der Waals surface area contributed by atoms with Gasteiger partial charge in [0.15, 0.2) is 11.0 Å². The molecule has 3 aromatic rings. The molecule has 1 aliphatic heterocycles. The second-order valence-electron chi connectivity index (χ2n) is 7.06. The first kappa shape index (κ1) is 21.8. The fraction of sp³-hybridized carbons (Fsp3) is 0.120. The summed E-state index contributed by atoms with van der Waals surface area (Å²) in [5, 5.41) is 0.548. The number of carbonyl (C=O) groups excluding carboxylic acids is 1. The molecule has 0 radical (unpaired) electrons.